The highest BCUT2D eigenvalue weighted by atomic mass is 16.5. The molecule has 1 aliphatic rings. The molecule has 0 fully saturated rings. The zero-order valence-corrected chi connectivity index (χ0v) is 19.9. The van der Waals surface area contributed by atoms with Gasteiger partial charge in [0.25, 0.3) is 0 Å². The van der Waals surface area contributed by atoms with E-state index in [0.717, 1.165) is 55.5 Å². The van der Waals surface area contributed by atoms with Crippen molar-refractivity contribution in [2.45, 2.75) is 41.5 Å². The average molecular weight is 437 g/mol. The van der Waals surface area contributed by atoms with Crippen molar-refractivity contribution in [2.24, 2.45) is 0 Å². The van der Waals surface area contributed by atoms with Crippen LogP contribution < -0.4 is 4.74 Å². The molecule has 0 saturated carbocycles. The molecule has 0 atom stereocenters. The van der Waals surface area contributed by atoms with Crippen molar-refractivity contribution in [3.8, 4) is 28.4 Å². The smallest absolute Gasteiger partial charge is 0.139 e. The monoisotopic (exact) mass is 436 g/mol. The lowest BCUT2D eigenvalue weighted by atomic mass is 9.87. The van der Waals surface area contributed by atoms with Crippen LogP contribution in [0.15, 0.2) is 42.5 Å². The lowest BCUT2D eigenvalue weighted by Crippen LogP contribution is -2.04. The number of ether oxygens (including phenoxy) is 1. The third-order valence-corrected chi connectivity index (χ3v) is 7.00. The van der Waals surface area contributed by atoms with Crippen molar-refractivity contribution in [3.05, 3.63) is 87.0 Å². The van der Waals surface area contributed by atoms with Crippen LogP contribution in [0.4, 0.5) is 0 Å². The second-order valence-corrected chi connectivity index (χ2v) is 9.31. The van der Waals surface area contributed by atoms with Gasteiger partial charge in [0.1, 0.15) is 23.0 Å². The molecule has 0 amide bonds. The highest BCUT2D eigenvalue weighted by Gasteiger charge is 2.22. The summed E-state index contributed by atoms with van der Waals surface area (Å²) in [7, 11) is 0. The van der Waals surface area contributed by atoms with E-state index >= 15 is 0 Å². The number of hydrogen-bond acceptors (Lipinski definition) is 3. The summed E-state index contributed by atoms with van der Waals surface area (Å²) in [5.74, 6) is 1.95. The van der Waals surface area contributed by atoms with Crippen LogP contribution in [0.1, 0.15) is 44.5 Å². The number of aromatic hydroxyl groups is 2. The molecule has 0 aliphatic carbocycles. The van der Waals surface area contributed by atoms with Crippen molar-refractivity contribution >= 4 is 22.6 Å². The second kappa shape index (κ2) is 7.41. The third-order valence-electron chi connectivity index (χ3n) is 7.00. The van der Waals surface area contributed by atoms with Gasteiger partial charge in [0.05, 0.1) is 0 Å². The van der Waals surface area contributed by atoms with Crippen LogP contribution in [0.5, 0.6) is 17.2 Å². The van der Waals surface area contributed by atoms with Crippen molar-refractivity contribution in [1.29, 1.82) is 0 Å². The molecule has 1 aliphatic heterocycles. The fourth-order valence-electron chi connectivity index (χ4n) is 4.89. The summed E-state index contributed by atoms with van der Waals surface area (Å²) in [5, 5.41) is 22.7. The van der Waals surface area contributed by atoms with Gasteiger partial charge in [-0.3, -0.25) is 0 Å². The summed E-state index contributed by atoms with van der Waals surface area (Å²) in [6.07, 6.45) is 2.12. The molecule has 3 heteroatoms. The molecular weight excluding hydrogens is 408 g/mol. The van der Waals surface area contributed by atoms with Gasteiger partial charge in [-0.25, -0.2) is 0 Å². The molecule has 4 aromatic rings. The summed E-state index contributed by atoms with van der Waals surface area (Å²) in [5.41, 5.74) is 10.8. The maximum atomic E-state index is 10.5. The molecular formula is C30H28O3. The minimum absolute atomic E-state index is 0.175. The van der Waals surface area contributed by atoms with Crippen LogP contribution in [0.3, 0.4) is 0 Å². The Hall–Kier alpha value is -3.72. The van der Waals surface area contributed by atoms with Crippen molar-refractivity contribution < 1.29 is 14.9 Å². The molecule has 0 radical (unpaired) electrons. The first-order valence-corrected chi connectivity index (χ1v) is 11.2. The number of phenols is 2. The van der Waals surface area contributed by atoms with Crippen LogP contribution in [0.25, 0.3) is 33.7 Å². The molecule has 1 heterocycles. The van der Waals surface area contributed by atoms with Gasteiger partial charge in [0, 0.05) is 17.0 Å². The Morgan fingerprint density at radius 3 is 1.88 bits per heavy atom. The van der Waals surface area contributed by atoms with Crippen LogP contribution in [0, 0.1) is 41.5 Å². The fraction of sp³-hybridized carbons (Fsp3) is 0.200. The Balaban J connectivity index is 1.80. The zero-order chi connectivity index (χ0) is 23.6. The maximum absolute atomic E-state index is 10.5. The minimum atomic E-state index is 0.175. The Kier molecular flexibility index (Phi) is 4.75. The molecule has 0 bridgehead atoms. The van der Waals surface area contributed by atoms with E-state index in [1.54, 1.807) is 12.1 Å². The molecule has 5 rings (SSSR count). The average Bonchev–Trinajstić information content (AvgIpc) is 2.76. The Morgan fingerprint density at radius 2 is 1.24 bits per heavy atom. The molecule has 0 aromatic heterocycles. The summed E-state index contributed by atoms with van der Waals surface area (Å²) < 4.78 is 6.34. The molecule has 2 N–H and O–H groups in total. The number of aryl methyl sites for hydroxylation is 4. The van der Waals surface area contributed by atoms with E-state index in [-0.39, 0.29) is 5.75 Å². The quantitative estimate of drug-likeness (QED) is 0.339. The Labute approximate surface area is 194 Å². The summed E-state index contributed by atoms with van der Waals surface area (Å²) >= 11 is 0. The van der Waals surface area contributed by atoms with Crippen molar-refractivity contribution in [3.63, 3.8) is 0 Å². The first kappa shape index (κ1) is 21.1. The molecule has 166 valence electrons. The molecule has 0 saturated heterocycles. The summed E-state index contributed by atoms with van der Waals surface area (Å²) in [6, 6.07) is 13.9. The number of rotatable bonds is 2. The van der Waals surface area contributed by atoms with Gasteiger partial charge in [0.15, 0.2) is 0 Å². The topological polar surface area (TPSA) is 49.7 Å². The van der Waals surface area contributed by atoms with Gasteiger partial charge >= 0.3 is 0 Å². The molecule has 3 nitrogen and oxygen atoms in total. The fourth-order valence-corrected chi connectivity index (χ4v) is 4.89. The predicted molar refractivity (Wildman–Crippen MR) is 136 cm³/mol. The maximum Gasteiger partial charge on any atom is 0.139 e. The van der Waals surface area contributed by atoms with Crippen molar-refractivity contribution in [1.82, 2.24) is 0 Å². The van der Waals surface area contributed by atoms with E-state index in [1.165, 1.54) is 16.7 Å². The van der Waals surface area contributed by atoms with Gasteiger partial charge in [-0.1, -0.05) is 0 Å². The lowest BCUT2D eigenvalue weighted by molar-refractivity contribution is 0.466. The van der Waals surface area contributed by atoms with E-state index < -0.39 is 0 Å². The Morgan fingerprint density at radius 1 is 0.636 bits per heavy atom. The molecule has 4 aromatic carbocycles. The number of hydrogen-bond donors (Lipinski definition) is 2. The van der Waals surface area contributed by atoms with Crippen LogP contribution in [-0.4, -0.2) is 10.2 Å². The lowest BCUT2D eigenvalue weighted by Gasteiger charge is -2.23. The standard InChI is InChI=1S/C30H28O3/c1-15-7-22(8-16(2)19(15)5)27-14-26-20(6)25(21-9-17(3)30(32)18(4)10-21)12-23-11-24(31)13-28(33-27)29(23)26/h7-14,31-32H,1-6H3. The highest BCUT2D eigenvalue weighted by Crippen LogP contribution is 2.45. The largest absolute Gasteiger partial charge is 0.508 e. The normalized spacial score (nSPS) is 12.6. The first-order chi connectivity index (χ1) is 15.6. The predicted octanol–water partition coefficient (Wildman–Crippen LogP) is 7.66. The summed E-state index contributed by atoms with van der Waals surface area (Å²) in [6.45, 7) is 12.3. The summed E-state index contributed by atoms with van der Waals surface area (Å²) in [4.78, 5) is 0. The third kappa shape index (κ3) is 3.36. The van der Waals surface area contributed by atoms with E-state index in [0.29, 0.717) is 11.5 Å². The van der Waals surface area contributed by atoms with Gasteiger partial charge in [0.2, 0.25) is 0 Å². The second-order valence-electron chi connectivity index (χ2n) is 9.31. The van der Waals surface area contributed by atoms with E-state index in [1.807, 2.05) is 26.0 Å². The number of phenolic OH excluding ortho intramolecular Hbond substituents is 2. The van der Waals surface area contributed by atoms with Crippen LogP contribution >= 0.6 is 0 Å². The minimum Gasteiger partial charge on any atom is -0.508 e. The zero-order valence-electron chi connectivity index (χ0n) is 19.9. The van der Waals surface area contributed by atoms with Gasteiger partial charge in [-0.2, -0.15) is 0 Å². The van der Waals surface area contributed by atoms with Gasteiger partial charge < -0.3 is 14.9 Å². The highest BCUT2D eigenvalue weighted by molar-refractivity contribution is 6.06. The van der Waals surface area contributed by atoms with Crippen LogP contribution in [-0.2, 0) is 0 Å². The van der Waals surface area contributed by atoms with E-state index in [4.69, 9.17) is 4.74 Å². The van der Waals surface area contributed by atoms with Gasteiger partial charge in [-0.05, 0) is 139 Å². The number of benzene rings is 4. The van der Waals surface area contributed by atoms with Gasteiger partial charge in [-0.15, -0.1) is 0 Å². The van der Waals surface area contributed by atoms with Crippen molar-refractivity contribution in [2.75, 3.05) is 0 Å². The van der Waals surface area contributed by atoms with E-state index in [9.17, 15) is 10.2 Å². The molecule has 0 spiro atoms. The SMILES string of the molecule is Cc1cc(C2=Cc3c(C)c(-c4cc(C)c(O)c(C)c4)cc4cc(O)cc(c34)O2)cc(C)c1C. The van der Waals surface area contributed by atoms with E-state index in [2.05, 4.69) is 52.0 Å². The van der Waals surface area contributed by atoms with Crippen LogP contribution in [0.2, 0.25) is 0 Å². The first-order valence-electron chi connectivity index (χ1n) is 11.2. The molecule has 33 heavy (non-hydrogen) atoms. The Bertz CT molecular complexity index is 1460. The molecule has 0 unspecified atom stereocenters.